The van der Waals surface area contributed by atoms with Crippen LogP contribution in [0.4, 0.5) is 0 Å². The van der Waals surface area contributed by atoms with Gasteiger partial charge < -0.3 is 11.1 Å². The largest absolute Gasteiger partial charge is 0.352 e. The highest BCUT2D eigenvalue weighted by molar-refractivity contribution is 5.83. The molecule has 1 aliphatic carbocycles. The molecule has 0 bridgehead atoms. The Balaban J connectivity index is 1.87. The van der Waals surface area contributed by atoms with Crippen molar-refractivity contribution in [1.29, 1.82) is 0 Å². The molecule has 1 aliphatic rings. The Morgan fingerprint density at radius 3 is 2.22 bits per heavy atom. The normalized spacial score (nSPS) is 16.7. The SMILES string of the molecule is CCN(CC)Cc1ccc(CNC(=O)C2(CN)CCCC2)cc1. The number of hydrogen-bond donors (Lipinski definition) is 2. The Bertz CT molecular complexity index is 488. The molecule has 0 spiro atoms. The van der Waals surface area contributed by atoms with Gasteiger partial charge in [0.1, 0.15) is 0 Å². The van der Waals surface area contributed by atoms with Crippen LogP contribution in [0.1, 0.15) is 50.7 Å². The van der Waals surface area contributed by atoms with Gasteiger partial charge in [-0.1, -0.05) is 51.0 Å². The van der Waals surface area contributed by atoms with Gasteiger partial charge in [-0.15, -0.1) is 0 Å². The van der Waals surface area contributed by atoms with Gasteiger partial charge in [0.2, 0.25) is 5.91 Å². The van der Waals surface area contributed by atoms with Gasteiger partial charge in [0.25, 0.3) is 0 Å². The van der Waals surface area contributed by atoms with E-state index in [9.17, 15) is 4.79 Å². The lowest BCUT2D eigenvalue weighted by Gasteiger charge is -2.25. The van der Waals surface area contributed by atoms with E-state index in [0.29, 0.717) is 13.1 Å². The first kappa shape index (κ1) is 18.0. The fourth-order valence-electron chi connectivity index (χ4n) is 3.41. The maximum absolute atomic E-state index is 12.5. The second-order valence-corrected chi connectivity index (χ2v) is 6.65. The van der Waals surface area contributed by atoms with Crippen LogP contribution < -0.4 is 11.1 Å². The van der Waals surface area contributed by atoms with Crippen LogP contribution in [-0.2, 0) is 17.9 Å². The van der Waals surface area contributed by atoms with Gasteiger partial charge >= 0.3 is 0 Å². The number of rotatable bonds is 8. The molecule has 2 rings (SSSR count). The number of amides is 1. The molecule has 23 heavy (non-hydrogen) atoms. The van der Waals surface area contributed by atoms with Crippen LogP contribution in [0.5, 0.6) is 0 Å². The van der Waals surface area contributed by atoms with Crippen LogP contribution in [-0.4, -0.2) is 30.4 Å². The van der Waals surface area contributed by atoms with E-state index in [0.717, 1.165) is 50.9 Å². The van der Waals surface area contributed by atoms with Gasteiger partial charge in [0.05, 0.1) is 5.41 Å². The third-order valence-corrected chi connectivity index (χ3v) is 5.21. The highest BCUT2D eigenvalue weighted by atomic mass is 16.2. The fourth-order valence-corrected chi connectivity index (χ4v) is 3.41. The Morgan fingerprint density at radius 2 is 1.70 bits per heavy atom. The van der Waals surface area contributed by atoms with Crippen molar-refractivity contribution in [2.24, 2.45) is 11.1 Å². The molecule has 0 heterocycles. The standard InChI is InChI=1S/C19H31N3O/c1-3-22(4-2)14-17-9-7-16(8-10-17)13-21-18(23)19(15-20)11-5-6-12-19/h7-10H,3-6,11-15,20H2,1-2H3,(H,21,23). The molecule has 1 aromatic rings. The number of nitrogens with two attached hydrogens (primary N) is 1. The molecule has 1 saturated carbocycles. The number of hydrogen-bond acceptors (Lipinski definition) is 3. The Labute approximate surface area is 140 Å². The molecule has 4 nitrogen and oxygen atoms in total. The van der Waals surface area contributed by atoms with Gasteiger partial charge in [0, 0.05) is 19.6 Å². The van der Waals surface area contributed by atoms with Crippen LogP contribution in [0.25, 0.3) is 0 Å². The summed E-state index contributed by atoms with van der Waals surface area (Å²) in [6.07, 6.45) is 4.09. The van der Waals surface area contributed by atoms with E-state index >= 15 is 0 Å². The van der Waals surface area contributed by atoms with Crippen molar-refractivity contribution in [1.82, 2.24) is 10.2 Å². The summed E-state index contributed by atoms with van der Waals surface area (Å²) in [6, 6.07) is 8.55. The van der Waals surface area contributed by atoms with Gasteiger partial charge in [-0.2, -0.15) is 0 Å². The van der Waals surface area contributed by atoms with Crippen LogP contribution in [0, 0.1) is 5.41 Å². The maximum atomic E-state index is 12.5. The minimum absolute atomic E-state index is 0.129. The van der Waals surface area contributed by atoms with Crippen molar-refractivity contribution in [3.05, 3.63) is 35.4 Å². The second kappa shape index (κ2) is 8.46. The quantitative estimate of drug-likeness (QED) is 0.775. The minimum atomic E-state index is -0.317. The smallest absolute Gasteiger partial charge is 0.227 e. The van der Waals surface area contributed by atoms with E-state index in [4.69, 9.17) is 5.73 Å². The summed E-state index contributed by atoms with van der Waals surface area (Å²) in [6.45, 7) is 8.53. The molecule has 0 aromatic heterocycles. The molecule has 0 saturated heterocycles. The molecule has 0 unspecified atom stereocenters. The lowest BCUT2D eigenvalue weighted by Crippen LogP contribution is -2.43. The second-order valence-electron chi connectivity index (χ2n) is 6.65. The van der Waals surface area contributed by atoms with Crippen molar-refractivity contribution in [2.45, 2.75) is 52.6 Å². The topological polar surface area (TPSA) is 58.4 Å². The molecular weight excluding hydrogens is 286 g/mol. The summed E-state index contributed by atoms with van der Waals surface area (Å²) in [5.74, 6) is 0.129. The summed E-state index contributed by atoms with van der Waals surface area (Å²) in [5, 5.41) is 3.09. The maximum Gasteiger partial charge on any atom is 0.227 e. The van der Waals surface area contributed by atoms with Gasteiger partial charge in [0.15, 0.2) is 0 Å². The Kier molecular flexibility index (Phi) is 6.60. The van der Waals surface area contributed by atoms with Gasteiger partial charge in [-0.3, -0.25) is 9.69 Å². The first-order chi connectivity index (χ1) is 11.1. The molecule has 128 valence electrons. The number of nitrogens with zero attached hydrogens (tertiary/aromatic N) is 1. The van der Waals surface area contributed by atoms with Crippen LogP contribution in [0.3, 0.4) is 0 Å². The van der Waals surface area contributed by atoms with Crippen LogP contribution in [0.15, 0.2) is 24.3 Å². The highest BCUT2D eigenvalue weighted by Crippen LogP contribution is 2.37. The van der Waals surface area contributed by atoms with Crippen LogP contribution >= 0.6 is 0 Å². The van der Waals surface area contributed by atoms with Crippen molar-refractivity contribution in [3.8, 4) is 0 Å². The van der Waals surface area contributed by atoms with E-state index in [1.54, 1.807) is 0 Å². The number of carbonyl (C=O) groups excluding carboxylic acids is 1. The average molecular weight is 317 g/mol. The average Bonchev–Trinajstić information content (AvgIpc) is 3.09. The zero-order chi connectivity index (χ0) is 16.7. The minimum Gasteiger partial charge on any atom is -0.352 e. The number of carbonyl (C=O) groups is 1. The number of nitrogens with one attached hydrogen (secondary N) is 1. The summed E-state index contributed by atoms with van der Waals surface area (Å²) < 4.78 is 0. The summed E-state index contributed by atoms with van der Waals surface area (Å²) in [4.78, 5) is 14.9. The molecule has 0 atom stereocenters. The molecule has 1 fully saturated rings. The van der Waals surface area contributed by atoms with Gasteiger partial charge in [-0.05, 0) is 37.1 Å². The predicted molar refractivity (Wildman–Crippen MR) is 94.9 cm³/mol. The summed E-state index contributed by atoms with van der Waals surface area (Å²) in [5.41, 5.74) is 8.01. The van der Waals surface area contributed by atoms with E-state index < -0.39 is 0 Å². The molecule has 1 aromatic carbocycles. The first-order valence-electron chi connectivity index (χ1n) is 8.92. The zero-order valence-electron chi connectivity index (χ0n) is 14.6. The Hall–Kier alpha value is -1.39. The molecule has 0 aliphatic heterocycles. The molecule has 4 heteroatoms. The van der Waals surface area contributed by atoms with E-state index in [-0.39, 0.29) is 11.3 Å². The lowest BCUT2D eigenvalue weighted by atomic mass is 9.85. The van der Waals surface area contributed by atoms with Crippen molar-refractivity contribution in [3.63, 3.8) is 0 Å². The van der Waals surface area contributed by atoms with Crippen molar-refractivity contribution in [2.75, 3.05) is 19.6 Å². The monoisotopic (exact) mass is 317 g/mol. The number of benzene rings is 1. The highest BCUT2D eigenvalue weighted by Gasteiger charge is 2.39. The van der Waals surface area contributed by atoms with E-state index in [1.165, 1.54) is 5.56 Å². The Morgan fingerprint density at radius 1 is 1.13 bits per heavy atom. The molecule has 0 radical (unpaired) electrons. The van der Waals surface area contributed by atoms with Crippen molar-refractivity contribution >= 4 is 5.91 Å². The molecular formula is C19H31N3O. The predicted octanol–water partition coefficient (Wildman–Crippen LogP) is 2.66. The van der Waals surface area contributed by atoms with E-state index in [1.807, 2.05) is 0 Å². The third-order valence-electron chi connectivity index (χ3n) is 5.21. The third kappa shape index (κ3) is 4.55. The lowest BCUT2D eigenvalue weighted by molar-refractivity contribution is -0.130. The summed E-state index contributed by atoms with van der Waals surface area (Å²) >= 11 is 0. The first-order valence-corrected chi connectivity index (χ1v) is 8.92. The molecule has 1 amide bonds. The molecule has 3 N–H and O–H groups in total. The van der Waals surface area contributed by atoms with Gasteiger partial charge in [-0.25, -0.2) is 0 Å². The fraction of sp³-hybridized carbons (Fsp3) is 0.632. The van der Waals surface area contributed by atoms with E-state index in [2.05, 4.69) is 48.3 Å². The zero-order valence-corrected chi connectivity index (χ0v) is 14.6. The van der Waals surface area contributed by atoms with Crippen molar-refractivity contribution < 1.29 is 4.79 Å². The summed E-state index contributed by atoms with van der Waals surface area (Å²) in [7, 11) is 0. The van der Waals surface area contributed by atoms with Crippen LogP contribution in [0.2, 0.25) is 0 Å².